The number of benzene rings is 3. The van der Waals surface area contributed by atoms with Crippen molar-refractivity contribution >= 4 is 22.7 Å². The molecule has 0 aliphatic carbocycles. The average Bonchev–Trinajstić information content (AvgIpc) is 2.60. The Kier molecular flexibility index (Phi) is 3.47. The highest BCUT2D eigenvalue weighted by atomic mass is 19.4. The first-order valence-electron chi connectivity index (χ1n) is 7.52. The topological polar surface area (TPSA) is 52.6 Å². The zero-order chi connectivity index (χ0) is 18.5. The fraction of sp³-hybridized carbons (Fsp3) is 0.0526. The van der Waals surface area contributed by atoms with Gasteiger partial charge in [-0.3, -0.25) is 0 Å². The molecule has 1 aliphatic heterocycles. The minimum Gasteiger partial charge on any atom is -0.457 e. The third kappa shape index (κ3) is 2.57. The Balaban J connectivity index is 1.84. The number of carbonyl (C=O) groups excluding carboxylic acids is 2. The molecule has 0 fully saturated rings. The highest BCUT2D eigenvalue weighted by Crippen LogP contribution is 2.38. The van der Waals surface area contributed by atoms with Crippen molar-refractivity contribution in [2.45, 2.75) is 6.18 Å². The van der Waals surface area contributed by atoms with Crippen molar-refractivity contribution in [3.05, 3.63) is 71.3 Å². The normalized spacial score (nSPS) is 13.7. The molecule has 4 rings (SSSR count). The molecule has 4 nitrogen and oxygen atoms in total. The molecule has 0 atom stereocenters. The van der Waals surface area contributed by atoms with Crippen molar-refractivity contribution < 1.29 is 32.2 Å². The molecular formula is C19H9F3O4. The van der Waals surface area contributed by atoms with Gasteiger partial charge in [-0.05, 0) is 36.4 Å². The van der Waals surface area contributed by atoms with Gasteiger partial charge in [0.05, 0.1) is 16.7 Å². The van der Waals surface area contributed by atoms with Gasteiger partial charge in [-0.1, -0.05) is 18.2 Å². The maximum absolute atomic E-state index is 12.9. The number of carbonyl (C=O) groups is 2. The molecule has 0 unspecified atom stereocenters. The van der Waals surface area contributed by atoms with Gasteiger partial charge in [-0.2, -0.15) is 13.2 Å². The van der Waals surface area contributed by atoms with Crippen LogP contribution in [0, 0.1) is 0 Å². The lowest BCUT2D eigenvalue weighted by Crippen LogP contribution is -2.19. The highest BCUT2D eigenvalue weighted by molar-refractivity contribution is 6.21. The predicted molar refractivity (Wildman–Crippen MR) is 85.2 cm³/mol. The Hall–Kier alpha value is -3.35. The van der Waals surface area contributed by atoms with Crippen LogP contribution in [0.3, 0.4) is 0 Å². The van der Waals surface area contributed by atoms with E-state index in [0.717, 1.165) is 12.1 Å². The molecule has 1 aliphatic rings. The van der Waals surface area contributed by atoms with Crippen LogP contribution in [0.1, 0.15) is 26.3 Å². The number of rotatable bonds is 2. The third-order valence-corrected chi connectivity index (χ3v) is 4.02. The van der Waals surface area contributed by atoms with E-state index in [-0.39, 0.29) is 22.6 Å². The summed E-state index contributed by atoms with van der Waals surface area (Å²) >= 11 is 0. The lowest BCUT2D eigenvalue weighted by atomic mass is 9.96. The van der Waals surface area contributed by atoms with Crippen LogP contribution in [0.4, 0.5) is 13.2 Å². The smallest absolute Gasteiger partial charge is 0.416 e. The van der Waals surface area contributed by atoms with Gasteiger partial charge < -0.3 is 9.47 Å². The molecule has 0 bridgehead atoms. The van der Waals surface area contributed by atoms with E-state index in [1.807, 2.05) is 0 Å². The summed E-state index contributed by atoms with van der Waals surface area (Å²) in [7, 11) is 0. The molecule has 0 saturated carbocycles. The average molecular weight is 358 g/mol. The Morgan fingerprint density at radius 2 is 1.54 bits per heavy atom. The van der Waals surface area contributed by atoms with Gasteiger partial charge in [0.25, 0.3) is 0 Å². The van der Waals surface area contributed by atoms with E-state index in [4.69, 9.17) is 4.74 Å². The highest BCUT2D eigenvalue weighted by Gasteiger charge is 2.31. The summed E-state index contributed by atoms with van der Waals surface area (Å²) < 4.78 is 48.9. The van der Waals surface area contributed by atoms with Crippen molar-refractivity contribution in [3.8, 4) is 11.5 Å². The molecule has 7 heteroatoms. The quantitative estimate of drug-likeness (QED) is 0.480. The molecule has 3 aromatic carbocycles. The van der Waals surface area contributed by atoms with Crippen molar-refractivity contribution in [1.29, 1.82) is 0 Å². The van der Waals surface area contributed by atoms with Crippen molar-refractivity contribution in [2.75, 3.05) is 0 Å². The molecule has 0 amide bonds. The van der Waals surface area contributed by atoms with Crippen LogP contribution < -0.4 is 4.74 Å². The predicted octanol–water partition coefficient (Wildman–Crippen LogP) is 4.96. The lowest BCUT2D eigenvalue weighted by Gasteiger charge is -2.17. The molecule has 3 aromatic rings. The number of hydrogen-bond acceptors (Lipinski definition) is 4. The fourth-order valence-electron chi connectivity index (χ4n) is 2.87. The van der Waals surface area contributed by atoms with Crippen LogP contribution in [0.25, 0.3) is 10.8 Å². The van der Waals surface area contributed by atoms with Gasteiger partial charge >= 0.3 is 18.1 Å². The molecule has 0 N–H and O–H groups in total. The monoisotopic (exact) mass is 358 g/mol. The molecule has 0 spiro atoms. The van der Waals surface area contributed by atoms with Gasteiger partial charge in [-0.15, -0.1) is 0 Å². The molecule has 0 aromatic heterocycles. The van der Waals surface area contributed by atoms with E-state index in [9.17, 15) is 22.8 Å². The Morgan fingerprint density at radius 3 is 2.27 bits per heavy atom. The van der Waals surface area contributed by atoms with Crippen molar-refractivity contribution in [2.24, 2.45) is 0 Å². The molecule has 26 heavy (non-hydrogen) atoms. The number of alkyl halides is 3. The Morgan fingerprint density at radius 1 is 0.846 bits per heavy atom. The number of ether oxygens (including phenoxy) is 2. The van der Waals surface area contributed by atoms with Gasteiger partial charge in [0.1, 0.15) is 11.5 Å². The summed E-state index contributed by atoms with van der Waals surface area (Å²) in [6.45, 7) is 0. The van der Waals surface area contributed by atoms with E-state index in [1.165, 1.54) is 30.3 Å². The number of esters is 2. The summed E-state index contributed by atoms with van der Waals surface area (Å²) in [5.41, 5.74) is -0.435. The van der Waals surface area contributed by atoms with E-state index >= 15 is 0 Å². The summed E-state index contributed by atoms with van der Waals surface area (Å²) in [6, 6.07) is 12.0. The zero-order valence-electron chi connectivity index (χ0n) is 13.0. The van der Waals surface area contributed by atoms with Gasteiger partial charge in [0.2, 0.25) is 0 Å². The first-order valence-corrected chi connectivity index (χ1v) is 7.52. The minimum absolute atomic E-state index is 0.00904. The SMILES string of the molecule is O=C1OC(=O)c2ccc(Oc3cccc(C(F)(F)F)c3)c3cccc1c23. The molecule has 0 radical (unpaired) electrons. The van der Waals surface area contributed by atoms with Gasteiger partial charge in [0, 0.05) is 10.8 Å². The lowest BCUT2D eigenvalue weighted by molar-refractivity contribution is -0.137. The van der Waals surface area contributed by atoms with Crippen LogP contribution in [0.5, 0.6) is 11.5 Å². The van der Waals surface area contributed by atoms with Crippen LogP contribution in [0.2, 0.25) is 0 Å². The zero-order valence-corrected chi connectivity index (χ0v) is 13.0. The standard InChI is InChI=1S/C19H9F3O4/c20-19(21,22)10-3-1-4-11(9-10)25-15-8-7-14-16-12(15)5-2-6-13(16)17(23)26-18(14)24/h1-9H. The second kappa shape index (κ2) is 5.59. The molecule has 1 heterocycles. The van der Waals surface area contributed by atoms with Gasteiger partial charge in [0.15, 0.2) is 0 Å². The molecular weight excluding hydrogens is 349 g/mol. The van der Waals surface area contributed by atoms with Crippen molar-refractivity contribution in [3.63, 3.8) is 0 Å². The number of hydrogen-bond donors (Lipinski definition) is 0. The Bertz CT molecular complexity index is 1050. The van der Waals surface area contributed by atoms with Gasteiger partial charge in [-0.25, -0.2) is 9.59 Å². The second-order valence-corrected chi connectivity index (χ2v) is 5.64. The van der Waals surface area contributed by atoms with E-state index in [0.29, 0.717) is 10.8 Å². The van der Waals surface area contributed by atoms with Crippen LogP contribution in [-0.4, -0.2) is 11.9 Å². The molecule has 130 valence electrons. The second-order valence-electron chi connectivity index (χ2n) is 5.64. The maximum Gasteiger partial charge on any atom is 0.416 e. The first kappa shape index (κ1) is 16.1. The van der Waals surface area contributed by atoms with Crippen molar-refractivity contribution in [1.82, 2.24) is 0 Å². The summed E-state index contributed by atoms with van der Waals surface area (Å²) in [4.78, 5) is 23.8. The van der Waals surface area contributed by atoms with E-state index < -0.39 is 23.7 Å². The third-order valence-electron chi connectivity index (χ3n) is 4.02. The largest absolute Gasteiger partial charge is 0.457 e. The minimum atomic E-state index is -4.49. The summed E-state index contributed by atoms with van der Waals surface area (Å²) in [5.74, 6) is -1.33. The van der Waals surface area contributed by atoms with Crippen LogP contribution in [0.15, 0.2) is 54.6 Å². The summed E-state index contributed by atoms with van der Waals surface area (Å²) in [5, 5.41) is 0.792. The fourth-order valence-corrected chi connectivity index (χ4v) is 2.87. The maximum atomic E-state index is 12.9. The van der Waals surface area contributed by atoms with Crippen LogP contribution in [-0.2, 0) is 10.9 Å². The number of cyclic esters (lactones) is 2. The van der Waals surface area contributed by atoms with E-state index in [1.54, 1.807) is 12.1 Å². The molecule has 0 saturated heterocycles. The summed E-state index contributed by atoms with van der Waals surface area (Å²) in [6.07, 6.45) is -4.49. The van der Waals surface area contributed by atoms with E-state index in [2.05, 4.69) is 4.74 Å². The number of halogens is 3. The first-order chi connectivity index (χ1) is 12.3. The van der Waals surface area contributed by atoms with Crippen LogP contribution >= 0.6 is 0 Å². The Labute approximate surface area is 144 Å².